The number of thioether (sulfide) groups is 1. The summed E-state index contributed by atoms with van der Waals surface area (Å²) in [6.45, 7) is 7.83. The first-order valence-electron chi connectivity index (χ1n) is 8.82. The predicted octanol–water partition coefficient (Wildman–Crippen LogP) is 4.17. The number of carbonyl (C=O) groups is 1. The highest BCUT2D eigenvalue weighted by atomic mass is 32.2. The number of hydrogen-bond donors (Lipinski definition) is 0. The first-order chi connectivity index (χ1) is 12.8. The maximum Gasteiger partial charge on any atom is 0.319 e. The SMILES string of the molecule is Cc1cccc(-n2c(SC3CC(C)OC3=O)nc3sc(C)c(C)c3c2=O)c1. The molecule has 1 saturated heterocycles. The Hall–Kier alpha value is -2.12. The van der Waals surface area contributed by atoms with E-state index < -0.39 is 0 Å². The van der Waals surface area contributed by atoms with E-state index in [-0.39, 0.29) is 22.9 Å². The summed E-state index contributed by atoms with van der Waals surface area (Å²) in [5.41, 5.74) is 2.70. The zero-order valence-electron chi connectivity index (χ0n) is 15.6. The van der Waals surface area contributed by atoms with Crippen molar-refractivity contribution in [1.82, 2.24) is 9.55 Å². The number of rotatable bonds is 3. The van der Waals surface area contributed by atoms with Crippen LogP contribution in [0.2, 0.25) is 0 Å². The van der Waals surface area contributed by atoms with E-state index in [1.54, 1.807) is 4.57 Å². The van der Waals surface area contributed by atoms with Crippen LogP contribution in [0.15, 0.2) is 34.2 Å². The van der Waals surface area contributed by atoms with E-state index >= 15 is 0 Å². The zero-order valence-corrected chi connectivity index (χ0v) is 17.2. The third-order valence-corrected chi connectivity index (χ3v) is 7.06. The van der Waals surface area contributed by atoms with E-state index in [0.717, 1.165) is 26.5 Å². The molecule has 0 amide bonds. The average Bonchev–Trinajstić information content (AvgIpc) is 3.06. The largest absolute Gasteiger partial charge is 0.462 e. The summed E-state index contributed by atoms with van der Waals surface area (Å²) >= 11 is 2.84. The number of benzene rings is 1. The summed E-state index contributed by atoms with van der Waals surface area (Å²) in [7, 11) is 0. The van der Waals surface area contributed by atoms with Crippen LogP contribution < -0.4 is 5.56 Å². The monoisotopic (exact) mass is 400 g/mol. The van der Waals surface area contributed by atoms with Crippen LogP contribution in [0, 0.1) is 20.8 Å². The van der Waals surface area contributed by atoms with Crippen molar-refractivity contribution in [3.8, 4) is 5.69 Å². The second-order valence-corrected chi connectivity index (χ2v) is 9.30. The number of aryl methyl sites for hydroxylation is 3. The number of nitrogens with zero attached hydrogens (tertiary/aromatic N) is 2. The van der Waals surface area contributed by atoms with Gasteiger partial charge in [0.25, 0.3) is 5.56 Å². The molecule has 140 valence electrons. The Bertz CT molecular complexity index is 1120. The summed E-state index contributed by atoms with van der Waals surface area (Å²) < 4.78 is 6.91. The first kappa shape index (κ1) is 18.3. The number of esters is 1. The second-order valence-electron chi connectivity index (χ2n) is 6.93. The molecule has 4 rings (SSSR count). The molecule has 0 saturated carbocycles. The van der Waals surface area contributed by atoms with Gasteiger partial charge in [-0.25, -0.2) is 4.98 Å². The topological polar surface area (TPSA) is 61.2 Å². The second kappa shape index (κ2) is 6.80. The molecule has 2 atom stereocenters. The quantitative estimate of drug-likeness (QED) is 0.488. The van der Waals surface area contributed by atoms with Crippen LogP contribution in [0.4, 0.5) is 0 Å². The van der Waals surface area contributed by atoms with Crippen molar-refractivity contribution < 1.29 is 9.53 Å². The van der Waals surface area contributed by atoms with Crippen molar-refractivity contribution in [2.75, 3.05) is 0 Å². The molecule has 0 radical (unpaired) electrons. The van der Waals surface area contributed by atoms with Gasteiger partial charge in [0.2, 0.25) is 0 Å². The summed E-state index contributed by atoms with van der Waals surface area (Å²) in [6, 6.07) is 7.77. The molecule has 3 heterocycles. The molecule has 0 N–H and O–H groups in total. The number of fused-ring (bicyclic) bond motifs is 1. The van der Waals surface area contributed by atoms with Gasteiger partial charge >= 0.3 is 5.97 Å². The van der Waals surface area contributed by atoms with Gasteiger partial charge in [-0.2, -0.15) is 0 Å². The van der Waals surface area contributed by atoms with Crippen LogP contribution >= 0.6 is 23.1 Å². The minimum absolute atomic E-state index is 0.0886. The highest BCUT2D eigenvalue weighted by molar-refractivity contribution is 8.00. The van der Waals surface area contributed by atoms with Gasteiger partial charge in [0.05, 0.1) is 11.1 Å². The Morgan fingerprint density at radius 2 is 2.04 bits per heavy atom. The molecule has 0 bridgehead atoms. The first-order valence-corrected chi connectivity index (χ1v) is 10.5. The lowest BCUT2D eigenvalue weighted by molar-refractivity contribution is -0.140. The van der Waals surface area contributed by atoms with Gasteiger partial charge in [-0.05, 0) is 51.0 Å². The number of aromatic nitrogens is 2. The lowest BCUT2D eigenvalue weighted by Gasteiger charge is -2.14. The fourth-order valence-corrected chi connectivity index (χ4v) is 5.58. The van der Waals surface area contributed by atoms with E-state index in [4.69, 9.17) is 9.72 Å². The van der Waals surface area contributed by atoms with Crippen LogP contribution in [0.5, 0.6) is 0 Å². The van der Waals surface area contributed by atoms with Crippen molar-refractivity contribution in [3.05, 3.63) is 50.6 Å². The van der Waals surface area contributed by atoms with Crippen LogP contribution in [-0.4, -0.2) is 26.9 Å². The molecule has 2 unspecified atom stereocenters. The number of hydrogen-bond acceptors (Lipinski definition) is 6. The van der Waals surface area contributed by atoms with Gasteiger partial charge in [-0.15, -0.1) is 11.3 Å². The normalized spacial score (nSPS) is 19.6. The smallest absolute Gasteiger partial charge is 0.319 e. The van der Waals surface area contributed by atoms with Gasteiger partial charge in [-0.1, -0.05) is 23.9 Å². The molecule has 0 aliphatic carbocycles. The molecular weight excluding hydrogens is 380 g/mol. The number of thiophene rings is 1. The van der Waals surface area contributed by atoms with E-state index in [2.05, 4.69) is 0 Å². The van der Waals surface area contributed by atoms with Crippen LogP contribution in [0.1, 0.15) is 29.3 Å². The molecule has 1 fully saturated rings. The molecule has 27 heavy (non-hydrogen) atoms. The standard InChI is InChI=1S/C20H20N2O3S2/c1-10-6-5-7-14(8-10)22-18(23)16-12(3)13(4)26-17(16)21-20(22)27-15-9-11(2)25-19(15)24/h5-8,11,15H,9H2,1-4H3. The molecule has 2 aromatic heterocycles. The third kappa shape index (κ3) is 3.19. The summed E-state index contributed by atoms with van der Waals surface area (Å²) in [5, 5.41) is 0.851. The zero-order chi connectivity index (χ0) is 19.3. The van der Waals surface area contributed by atoms with Gasteiger partial charge < -0.3 is 4.74 Å². The molecule has 0 spiro atoms. The number of ether oxygens (including phenoxy) is 1. The fraction of sp³-hybridized carbons (Fsp3) is 0.350. The van der Waals surface area contributed by atoms with Crippen molar-refractivity contribution in [2.24, 2.45) is 0 Å². The van der Waals surface area contributed by atoms with Gasteiger partial charge in [0.1, 0.15) is 16.2 Å². The van der Waals surface area contributed by atoms with E-state index in [0.29, 0.717) is 17.0 Å². The van der Waals surface area contributed by atoms with Gasteiger partial charge in [0, 0.05) is 11.3 Å². The Balaban J connectivity index is 1.94. The molecule has 7 heteroatoms. The Morgan fingerprint density at radius 1 is 1.26 bits per heavy atom. The highest BCUT2D eigenvalue weighted by Gasteiger charge is 2.34. The van der Waals surface area contributed by atoms with Gasteiger partial charge in [0.15, 0.2) is 5.16 Å². The Morgan fingerprint density at radius 3 is 2.70 bits per heavy atom. The summed E-state index contributed by atoms with van der Waals surface area (Å²) in [5.74, 6) is -0.240. The van der Waals surface area contributed by atoms with E-state index in [1.807, 2.05) is 52.0 Å². The average molecular weight is 401 g/mol. The molecule has 3 aromatic rings. The number of cyclic esters (lactones) is 1. The fourth-order valence-electron chi connectivity index (χ4n) is 3.29. The molecule has 1 aliphatic heterocycles. The van der Waals surface area contributed by atoms with Crippen molar-refractivity contribution in [1.29, 1.82) is 0 Å². The van der Waals surface area contributed by atoms with Crippen LogP contribution in [0.25, 0.3) is 15.9 Å². The van der Waals surface area contributed by atoms with E-state index in [9.17, 15) is 9.59 Å². The molecule has 5 nitrogen and oxygen atoms in total. The highest BCUT2D eigenvalue weighted by Crippen LogP contribution is 2.34. The Kier molecular flexibility index (Phi) is 4.60. The maximum absolute atomic E-state index is 13.4. The minimum atomic E-state index is -0.345. The van der Waals surface area contributed by atoms with Gasteiger partial charge in [-0.3, -0.25) is 14.2 Å². The molecular formula is C20H20N2O3S2. The lowest BCUT2D eigenvalue weighted by atomic mass is 10.2. The van der Waals surface area contributed by atoms with Crippen LogP contribution in [-0.2, 0) is 9.53 Å². The Labute approximate surface area is 165 Å². The van der Waals surface area contributed by atoms with Crippen molar-refractivity contribution in [2.45, 2.75) is 50.6 Å². The van der Waals surface area contributed by atoms with E-state index in [1.165, 1.54) is 23.1 Å². The molecule has 1 aromatic carbocycles. The maximum atomic E-state index is 13.4. The summed E-state index contributed by atoms with van der Waals surface area (Å²) in [4.78, 5) is 32.1. The predicted molar refractivity (Wildman–Crippen MR) is 109 cm³/mol. The lowest BCUT2D eigenvalue weighted by Crippen LogP contribution is -2.23. The van der Waals surface area contributed by atoms with Crippen molar-refractivity contribution in [3.63, 3.8) is 0 Å². The third-order valence-electron chi connectivity index (χ3n) is 4.81. The van der Waals surface area contributed by atoms with Crippen LogP contribution in [0.3, 0.4) is 0 Å². The number of carbonyl (C=O) groups excluding carboxylic acids is 1. The summed E-state index contributed by atoms with van der Waals surface area (Å²) in [6.07, 6.45) is 0.511. The van der Waals surface area contributed by atoms with Crippen molar-refractivity contribution >= 4 is 39.3 Å². The minimum Gasteiger partial charge on any atom is -0.462 e. The molecule has 1 aliphatic rings.